The van der Waals surface area contributed by atoms with E-state index in [-0.39, 0.29) is 0 Å². The number of carbonyl (C=O) groups excluding carboxylic acids is 1. The fourth-order valence-electron chi connectivity index (χ4n) is 3.89. The number of hydrogen-bond donors (Lipinski definition) is 0. The number of likely N-dealkylation sites (tertiary alicyclic amines) is 1. The van der Waals surface area contributed by atoms with Crippen LogP contribution in [0.25, 0.3) is 5.65 Å². The van der Waals surface area contributed by atoms with Crippen LogP contribution in [0.4, 0.5) is 5.82 Å². The van der Waals surface area contributed by atoms with Crippen molar-refractivity contribution in [1.82, 2.24) is 24.4 Å². The molecule has 2 aliphatic rings. The molecule has 1 unspecified atom stereocenters. The van der Waals surface area contributed by atoms with Crippen molar-refractivity contribution in [3.8, 4) is 0 Å². The van der Waals surface area contributed by atoms with Gasteiger partial charge in [0.2, 0.25) is 5.91 Å². The SMILES string of the molecule is CN1CCCCC1CC(=O)N1CCN(c2ccc3nccn3n2)CC1. The summed E-state index contributed by atoms with van der Waals surface area (Å²) < 4.78 is 1.80. The predicted octanol–water partition coefficient (Wildman–Crippen LogP) is 1.25. The monoisotopic (exact) mass is 342 g/mol. The van der Waals surface area contributed by atoms with E-state index in [4.69, 9.17) is 0 Å². The Labute approximate surface area is 148 Å². The Morgan fingerprint density at radius 1 is 1.16 bits per heavy atom. The fraction of sp³-hybridized carbons (Fsp3) is 0.611. The summed E-state index contributed by atoms with van der Waals surface area (Å²) >= 11 is 0. The van der Waals surface area contributed by atoms with E-state index in [0.29, 0.717) is 18.4 Å². The Morgan fingerprint density at radius 2 is 2.00 bits per heavy atom. The topological polar surface area (TPSA) is 57.0 Å². The molecule has 2 saturated heterocycles. The summed E-state index contributed by atoms with van der Waals surface area (Å²) in [7, 11) is 2.15. The molecule has 2 aromatic rings. The molecule has 1 amide bonds. The minimum atomic E-state index is 0.302. The van der Waals surface area contributed by atoms with E-state index in [1.165, 1.54) is 12.8 Å². The van der Waals surface area contributed by atoms with Crippen molar-refractivity contribution in [3.05, 3.63) is 24.5 Å². The highest BCUT2D eigenvalue weighted by molar-refractivity contribution is 5.77. The van der Waals surface area contributed by atoms with E-state index in [0.717, 1.165) is 50.6 Å². The molecule has 2 aromatic heterocycles. The fourth-order valence-corrected chi connectivity index (χ4v) is 3.89. The van der Waals surface area contributed by atoms with Crippen LogP contribution in [-0.2, 0) is 4.79 Å². The molecule has 7 heteroatoms. The number of amides is 1. The Bertz CT molecular complexity index is 736. The number of piperazine rings is 1. The molecule has 7 nitrogen and oxygen atoms in total. The van der Waals surface area contributed by atoms with Crippen molar-refractivity contribution in [2.24, 2.45) is 0 Å². The molecule has 0 radical (unpaired) electrons. The molecule has 0 saturated carbocycles. The maximum Gasteiger partial charge on any atom is 0.224 e. The number of imidazole rings is 1. The van der Waals surface area contributed by atoms with E-state index in [1.807, 2.05) is 23.2 Å². The normalized spacial score (nSPS) is 22.5. The standard InChI is InChI=1S/C18H26N6O/c1-21-8-3-2-4-15(21)14-18(25)23-12-10-22(11-13-23)17-6-5-16-19-7-9-24(16)20-17/h5-7,9,15H,2-4,8,10-14H2,1H3. The number of carbonyl (C=O) groups is 1. The van der Waals surface area contributed by atoms with Crippen molar-refractivity contribution < 1.29 is 4.79 Å². The van der Waals surface area contributed by atoms with Gasteiger partial charge < -0.3 is 14.7 Å². The summed E-state index contributed by atoms with van der Waals surface area (Å²) in [5.41, 5.74) is 0.856. The molecular formula is C18H26N6O. The Morgan fingerprint density at radius 3 is 2.80 bits per heavy atom. The molecular weight excluding hydrogens is 316 g/mol. The van der Waals surface area contributed by atoms with E-state index in [2.05, 4.69) is 26.9 Å². The first-order chi connectivity index (χ1) is 12.2. The second kappa shape index (κ2) is 7.00. The summed E-state index contributed by atoms with van der Waals surface area (Å²) in [5.74, 6) is 1.25. The first-order valence-electron chi connectivity index (χ1n) is 9.24. The third-order valence-electron chi connectivity index (χ3n) is 5.53. The molecule has 0 aromatic carbocycles. The molecule has 2 aliphatic heterocycles. The summed E-state index contributed by atoms with van der Waals surface area (Å²) in [6.45, 7) is 4.34. The van der Waals surface area contributed by atoms with Gasteiger partial charge >= 0.3 is 0 Å². The summed E-state index contributed by atoms with van der Waals surface area (Å²) in [5, 5.41) is 4.60. The van der Waals surface area contributed by atoms with E-state index in [1.54, 1.807) is 10.7 Å². The van der Waals surface area contributed by atoms with Gasteiger partial charge in [-0.05, 0) is 38.6 Å². The van der Waals surface area contributed by atoms with E-state index >= 15 is 0 Å². The van der Waals surface area contributed by atoms with Crippen LogP contribution in [0, 0.1) is 0 Å². The highest BCUT2D eigenvalue weighted by Crippen LogP contribution is 2.20. The van der Waals surface area contributed by atoms with Crippen molar-refractivity contribution in [1.29, 1.82) is 0 Å². The number of rotatable bonds is 3. The number of anilines is 1. The number of aromatic nitrogens is 3. The van der Waals surface area contributed by atoms with Crippen molar-refractivity contribution in [2.75, 3.05) is 44.7 Å². The highest BCUT2D eigenvalue weighted by Gasteiger charge is 2.27. The zero-order valence-corrected chi connectivity index (χ0v) is 14.8. The minimum absolute atomic E-state index is 0.302. The molecule has 0 aliphatic carbocycles. The summed E-state index contributed by atoms with van der Waals surface area (Å²) in [6, 6.07) is 4.42. The van der Waals surface area contributed by atoms with Gasteiger partial charge in [0.1, 0.15) is 5.82 Å². The quantitative estimate of drug-likeness (QED) is 0.840. The number of piperidine rings is 1. The van der Waals surface area contributed by atoms with Crippen LogP contribution in [0.3, 0.4) is 0 Å². The van der Waals surface area contributed by atoms with Gasteiger partial charge in [-0.3, -0.25) is 4.79 Å². The lowest BCUT2D eigenvalue weighted by atomic mass is 9.99. The third-order valence-corrected chi connectivity index (χ3v) is 5.53. The third kappa shape index (κ3) is 3.46. The first kappa shape index (κ1) is 16.3. The van der Waals surface area contributed by atoms with Gasteiger partial charge in [0, 0.05) is 51.0 Å². The predicted molar refractivity (Wildman–Crippen MR) is 96.7 cm³/mol. The van der Waals surface area contributed by atoms with Crippen molar-refractivity contribution in [2.45, 2.75) is 31.7 Å². The van der Waals surface area contributed by atoms with Crippen LogP contribution >= 0.6 is 0 Å². The second-order valence-electron chi connectivity index (χ2n) is 7.12. The zero-order valence-electron chi connectivity index (χ0n) is 14.8. The molecule has 2 fully saturated rings. The summed E-state index contributed by atoms with van der Waals surface area (Å²) in [6.07, 6.45) is 7.93. The highest BCUT2D eigenvalue weighted by atomic mass is 16.2. The molecule has 1 atom stereocenters. The number of nitrogens with zero attached hydrogens (tertiary/aromatic N) is 6. The first-order valence-corrected chi connectivity index (χ1v) is 9.24. The number of hydrogen-bond acceptors (Lipinski definition) is 5. The van der Waals surface area contributed by atoms with Gasteiger partial charge in [0.05, 0.1) is 0 Å². The van der Waals surface area contributed by atoms with Gasteiger partial charge in [0.25, 0.3) is 0 Å². The Balaban J connectivity index is 1.33. The molecule has 4 rings (SSSR count). The van der Waals surface area contributed by atoms with Crippen LogP contribution in [0.2, 0.25) is 0 Å². The van der Waals surface area contributed by atoms with Gasteiger partial charge in [0.15, 0.2) is 5.65 Å². The van der Waals surface area contributed by atoms with Gasteiger partial charge in [-0.2, -0.15) is 0 Å². The van der Waals surface area contributed by atoms with Crippen molar-refractivity contribution >= 4 is 17.4 Å². The van der Waals surface area contributed by atoms with Gasteiger partial charge in [-0.1, -0.05) is 6.42 Å². The average molecular weight is 342 g/mol. The number of fused-ring (bicyclic) bond motifs is 1. The van der Waals surface area contributed by atoms with Crippen molar-refractivity contribution in [3.63, 3.8) is 0 Å². The van der Waals surface area contributed by atoms with Gasteiger partial charge in [-0.15, -0.1) is 5.10 Å². The summed E-state index contributed by atoms with van der Waals surface area (Å²) in [4.78, 5) is 23.5. The maximum absolute atomic E-state index is 12.6. The lowest BCUT2D eigenvalue weighted by molar-refractivity contribution is -0.133. The maximum atomic E-state index is 12.6. The van der Waals surface area contributed by atoms with Gasteiger partial charge in [-0.25, -0.2) is 9.50 Å². The zero-order chi connectivity index (χ0) is 17.2. The molecule has 134 valence electrons. The van der Waals surface area contributed by atoms with E-state index < -0.39 is 0 Å². The molecule has 0 N–H and O–H groups in total. The van der Waals surface area contributed by atoms with Crippen LogP contribution in [0.5, 0.6) is 0 Å². The average Bonchev–Trinajstić information content (AvgIpc) is 3.11. The van der Waals surface area contributed by atoms with Crippen LogP contribution in [0.1, 0.15) is 25.7 Å². The molecule has 4 heterocycles. The van der Waals surface area contributed by atoms with E-state index in [9.17, 15) is 4.79 Å². The largest absolute Gasteiger partial charge is 0.352 e. The Kier molecular flexibility index (Phi) is 4.57. The molecule has 25 heavy (non-hydrogen) atoms. The van der Waals surface area contributed by atoms with Crippen LogP contribution in [0.15, 0.2) is 24.5 Å². The van der Waals surface area contributed by atoms with Crippen LogP contribution in [-0.4, -0.2) is 76.1 Å². The lowest BCUT2D eigenvalue weighted by Gasteiger charge is -2.37. The minimum Gasteiger partial charge on any atom is -0.352 e. The molecule has 0 bridgehead atoms. The Hall–Kier alpha value is -2.15. The molecule has 0 spiro atoms. The van der Waals surface area contributed by atoms with Crippen LogP contribution < -0.4 is 4.90 Å². The second-order valence-corrected chi connectivity index (χ2v) is 7.12. The lowest BCUT2D eigenvalue weighted by Crippen LogP contribution is -2.50. The smallest absolute Gasteiger partial charge is 0.224 e.